The number of urea groups is 1. The van der Waals surface area contributed by atoms with Crippen LogP contribution < -0.4 is 16.0 Å². The van der Waals surface area contributed by atoms with Gasteiger partial charge in [-0.25, -0.2) is 9.18 Å². The van der Waals surface area contributed by atoms with Crippen molar-refractivity contribution in [2.24, 2.45) is 0 Å². The molecule has 3 amide bonds. The van der Waals surface area contributed by atoms with Crippen LogP contribution >= 0.6 is 0 Å². The third kappa shape index (κ3) is 6.60. The van der Waals surface area contributed by atoms with Gasteiger partial charge in [-0.1, -0.05) is 12.1 Å². The average molecular weight is 376 g/mol. The minimum absolute atomic E-state index is 0.0642. The number of hydrogen-bond donors (Lipinski definition) is 3. The summed E-state index contributed by atoms with van der Waals surface area (Å²) in [4.78, 5) is 25.0. The van der Waals surface area contributed by atoms with E-state index in [0.717, 1.165) is 5.56 Å². The Morgan fingerprint density at radius 3 is 2.77 bits per heavy atom. The molecule has 144 valence electrons. The third-order valence-electron chi connectivity index (χ3n) is 3.92. The number of piperazine rings is 1. The maximum Gasteiger partial charge on any atom is 0.405 e. The smallest absolute Gasteiger partial charge is 0.329 e. The van der Waals surface area contributed by atoms with Crippen molar-refractivity contribution in [3.8, 4) is 0 Å². The number of halogens is 4. The van der Waals surface area contributed by atoms with E-state index in [1.807, 2.05) is 10.2 Å². The number of hydrogen-bond acceptors (Lipinski definition) is 4. The Kier molecular flexibility index (Phi) is 6.92. The average Bonchev–Trinajstić information content (AvgIpc) is 2.58. The zero-order valence-corrected chi connectivity index (χ0v) is 13.9. The van der Waals surface area contributed by atoms with Crippen molar-refractivity contribution in [3.05, 3.63) is 35.6 Å². The van der Waals surface area contributed by atoms with Gasteiger partial charge >= 0.3 is 12.2 Å². The highest BCUT2D eigenvalue weighted by Gasteiger charge is 2.28. The predicted octanol–water partition coefficient (Wildman–Crippen LogP) is 1.55. The molecule has 1 unspecified atom stereocenters. The van der Waals surface area contributed by atoms with E-state index in [0.29, 0.717) is 26.2 Å². The van der Waals surface area contributed by atoms with Gasteiger partial charge in [-0.2, -0.15) is 13.2 Å². The summed E-state index contributed by atoms with van der Waals surface area (Å²) in [6.07, 6.45) is -4.61. The minimum atomic E-state index is -4.54. The lowest BCUT2D eigenvalue weighted by atomic mass is 10.0. The molecule has 2 rings (SSSR count). The van der Waals surface area contributed by atoms with Crippen LogP contribution in [0.1, 0.15) is 18.0 Å². The summed E-state index contributed by atoms with van der Waals surface area (Å²) in [5.41, 5.74) is 0.764. The number of rotatable bonds is 5. The highest BCUT2D eigenvalue weighted by Crippen LogP contribution is 2.22. The fourth-order valence-electron chi connectivity index (χ4n) is 2.72. The van der Waals surface area contributed by atoms with Gasteiger partial charge in [-0.15, -0.1) is 0 Å². The molecule has 0 aromatic heterocycles. The molecule has 0 radical (unpaired) electrons. The molecule has 1 fully saturated rings. The van der Waals surface area contributed by atoms with Gasteiger partial charge in [-0.3, -0.25) is 15.0 Å². The molecule has 0 spiro atoms. The van der Waals surface area contributed by atoms with Crippen LogP contribution in [0.4, 0.5) is 22.4 Å². The van der Waals surface area contributed by atoms with Gasteiger partial charge in [0.2, 0.25) is 5.91 Å². The van der Waals surface area contributed by atoms with Gasteiger partial charge in [0.15, 0.2) is 0 Å². The summed E-state index contributed by atoms with van der Waals surface area (Å²) < 4.78 is 49.5. The Labute approximate surface area is 147 Å². The maximum atomic E-state index is 13.4. The lowest BCUT2D eigenvalue weighted by molar-refractivity contribution is -0.124. The summed E-state index contributed by atoms with van der Waals surface area (Å²) >= 11 is 0. The summed E-state index contributed by atoms with van der Waals surface area (Å²) in [6.45, 7) is 0.679. The molecule has 0 saturated carbocycles. The highest BCUT2D eigenvalue weighted by molar-refractivity contribution is 5.94. The number of amides is 3. The zero-order chi connectivity index (χ0) is 19.2. The Morgan fingerprint density at radius 2 is 2.08 bits per heavy atom. The second-order valence-electron chi connectivity index (χ2n) is 5.91. The van der Waals surface area contributed by atoms with E-state index < -0.39 is 24.7 Å². The van der Waals surface area contributed by atoms with Gasteiger partial charge in [-0.05, 0) is 17.7 Å². The van der Waals surface area contributed by atoms with Crippen molar-refractivity contribution < 1.29 is 27.2 Å². The molecule has 1 saturated heterocycles. The van der Waals surface area contributed by atoms with Gasteiger partial charge in [0.1, 0.15) is 12.4 Å². The number of benzene rings is 1. The molecule has 3 N–H and O–H groups in total. The molecule has 10 heteroatoms. The first-order chi connectivity index (χ1) is 12.2. The molecule has 1 aromatic carbocycles. The molecule has 1 aromatic rings. The van der Waals surface area contributed by atoms with Crippen LogP contribution in [0.3, 0.4) is 0 Å². The Bertz CT molecular complexity index is 639. The molecule has 1 aliphatic heterocycles. The SMILES string of the molecule is O=C(CCN1CCNCC1c1cccc(F)c1)NC(=O)NCC(F)(F)F. The minimum Gasteiger partial charge on any atom is -0.329 e. The largest absolute Gasteiger partial charge is 0.405 e. The topological polar surface area (TPSA) is 73.5 Å². The van der Waals surface area contributed by atoms with E-state index in [-0.39, 0.29) is 18.3 Å². The number of imide groups is 1. The number of alkyl halides is 3. The molecular weight excluding hydrogens is 356 g/mol. The van der Waals surface area contributed by atoms with Crippen LogP contribution in [0.2, 0.25) is 0 Å². The summed E-state index contributed by atoms with van der Waals surface area (Å²) in [5, 5.41) is 6.63. The van der Waals surface area contributed by atoms with Crippen molar-refractivity contribution >= 4 is 11.9 Å². The fraction of sp³-hybridized carbons (Fsp3) is 0.500. The van der Waals surface area contributed by atoms with Gasteiger partial charge in [0, 0.05) is 38.6 Å². The van der Waals surface area contributed by atoms with Crippen molar-refractivity contribution in [2.75, 3.05) is 32.7 Å². The Morgan fingerprint density at radius 1 is 1.31 bits per heavy atom. The number of nitrogens with one attached hydrogen (secondary N) is 3. The summed E-state index contributed by atoms with van der Waals surface area (Å²) in [5.74, 6) is -1.03. The van der Waals surface area contributed by atoms with Crippen molar-refractivity contribution in [1.29, 1.82) is 0 Å². The standard InChI is InChI=1S/C16H20F4N4O2/c17-12-3-1-2-11(8-12)13-9-21-5-7-24(13)6-4-14(25)23-15(26)22-10-16(18,19)20/h1-3,8,13,21H,4-7,9-10H2,(H2,22,23,25,26). The van der Waals surface area contributed by atoms with E-state index in [1.54, 1.807) is 17.4 Å². The first-order valence-corrected chi connectivity index (χ1v) is 8.09. The van der Waals surface area contributed by atoms with Gasteiger partial charge < -0.3 is 10.6 Å². The second kappa shape index (κ2) is 8.95. The molecular formula is C16H20F4N4O2. The van der Waals surface area contributed by atoms with E-state index in [9.17, 15) is 27.2 Å². The molecule has 1 atom stereocenters. The van der Waals surface area contributed by atoms with Crippen LogP contribution in [-0.2, 0) is 4.79 Å². The molecule has 0 aliphatic carbocycles. The molecule has 1 heterocycles. The Hall–Kier alpha value is -2.20. The van der Waals surface area contributed by atoms with E-state index in [2.05, 4.69) is 5.32 Å². The van der Waals surface area contributed by atoms with Crippen molar-refractivity contribution in [3.63, 3.8) is 0 Å². The predicted molar refractivity (Wildman–Crippen MR) is 85.8 cm³/mol. The zero-order valence-electron chi connectivity index (χ0n) is 13.9. The quantitative estimate of drug-likeness (QED) is 0.682. The number of carbonyl (C=O) groups is 2. The van der Waals surface area contributed by atoms with Crippen molar-refractivity contribution in [1.82, 2.24) is 20.9 Å². The van der Waals surface area contributed by atoms with Crippen LogP contribution in [0.15, 0.2) is 24.3 Å². The maximum absolute atomic E-state index is 13.4. The van der Waals surface area contributed by atoms with Crippen LogP contribution in [0.5, 0.6) is 0 Å². The first kappa shape index (κ1) is 20.1. The van der Waals surface area contributed by atoms with Crippen molar-refractivity contribution in [2.45, 2.75) is 18.6 Å². The van der Waals surface area contributed by atoms with E-state index in [1.165, 1.54) is 12.1 Å². The second-order valence-corrected chi connectivity index (χ2v) is 5.91. The molecule has 26 heavy (non-hydrogen) atoms. The monoisotopic (exact) mass is 376 g/mol. The van der Waals surface area contributed by atoms with Crippen LogP contribution in [0, 0.1) is 5.82 Å². The molecule has 1 aliphatic rings. The van der Waals surface area contributed by atoms with Crippen LogP contribution in [0.25, 0.3) is 0 Å². The summed E-state index contributed by atoms with van der Waals surface area (Å²) in [6, 6.07) is 4.85. The lowest BCUT2D eigenvalue weighted by Crippen LogP contribution is -2.48. The highest BCUT2D eigenvalue weighted by atomic mass is 19.4. The number of carbonyl (C=O) groups excluding carboxylic acids is 2. The fourth-order valence-corrected chi connectivity index (χ4v) is 2.72. The number of nitrogens with zero attached hydrogens (tertiary/aromatic N) is 1. The van der Waals surface area contributed by atoms with Gasteiger partial charge in [0.05, 0.1) is 0 Å². The normalized spacial score (nSPS) is 18.4. The van der Waals surface area contributed by atoms with E-state index >= 15 is 0 Å². The molecule has 6 nitrogen and oxygen atoms in total. The first-order valence-electron chi connectivity index (χ1n) is 8.09. The van der Waals surface area contributed by atoms with Gasteiger partial charge in [0.25, 0.3) is 0 Å². The van der Waals surface area contributed by atoms with Crippen LogP contribution in [-0.4, -0.2) is 55.7 Å². The lowest BCUT2D eigenvalue weighted by Gasteiger charge is -2.36. The Balaban J connectivity index is 1.84. The molecule has 0 bridgehead atoms. The van der Waals surface area contributed by atoms with E-state index in [4.69, 9.17) is 0 Å². The third-order valence-corrected chi connectivity index (χ3v) is 3.92. The summed E-state index contributed by atoms with van der Waals surface area (Å²) in [7, 11) is 0.